The molecule has 0 fully saturated rings. The van der Waals surface area contributed by atoms with Crippen molar-refractivity contribution in [3.8, 4) is 11.8 Å². The largest absolute Gasteiger partial charge is 0.495 e. The Morgan fingerprint density at radius 1 is 1.19 bits per heavy atom. The van der Waals surface area contributed by atoms with Crippen molar-refractivity contribution in [1.29, 1.82) is 5.26 Å². The summed E-state index contributed by atoms with van der Waals surface area (Å²) in [6.07, 6.45) is 0. The van der Waals surface area contributed by atoms with E-state index in [1.807, 2.05) is 19.1 Å². The van der Waals surface area contributed by atoms with E-state index in [9.17, 15) is 8.42 Å². The molecule has 0 unspecified atom stereocenters. The van der Waals surface area contributed by atoms with E-state index in [0.717, 1.165) is 5.56 Å². The van der Waals surface area contributed by atoms with Crippen LogP contribution in [0, 0.1) is 18.3 Å². The fraction of sp³-hybridized carbons (Fsp3) is 0.188. The van der Waals surface area contributed by atoms with E-state index in [1.54, 1.807) is 36.4 Å². The Labute approximate surface area is 124 Å². The van der Waals surface area contributed by atoms with Gasteiger partial charge in [-0.15, -0.1) is 0 Å². The van der Waals surface area contributed by atoms with Gasteiger partial charge < -0.3 is 4.74 Å². The number of nitrogens with zero attached hydrogens (tertiary/aromatic N) is 1. The molecule has 5 heteroatoms. The first-order valence-electron chi connectivity index (χ1n) is 6.33. The lowest BCUT2D eigenvalue weighted by Gasteiger charge is -2.08. The zero-order valence-electron chi connectivity index (χ0n) is 11.8. The van der Waals surface area contributed by atoms with Crippen LogP contribution in [0.1, 0.15) is 16.7 Å². The lowest BCUT2D eigenvalue weighted by atomic mass is 10.1. The van der Waals surface area contributed by atoms with Crippen molar-refractivity contribution >= 4 is 9.84 Å². The maximum absolute atomic E-state index is 12.4. The Morgan fingerprint density at radius 2 is 1.95 bits per heavy atom. The first-order valence-corrected chi connectivity index (χ1v) is 7.98. The van der Waals surface area contributed by atoms with E-state index < -0.39 is 9.84 Å². The highest BCUT2D eigenvalue weighted by molar-refractivity contribution is 7.90. The SMILES string of the molecule is COc1ccc(CS(=O)(=O)c2cccc(C)c2)cc1C#N. The van der Waals surface area contributed by atoms with Crippen molar-refractivity contribution in [3.05, 3.63) is 59.2 Å². The van der Waals surface area contributed by atoms with E-state index >= 15 is 0 Å². The Kier molecular flexibility index (Phi) is 4.29. The molecule has 2 aromatic carbocycles. The molecular formula is C16H15NO3S. The molecule has 108 valence electrons. The minimum absolute atomic E-state index is 0.144. The summed E-state index contributed by atoms with van der Waals surface area (Å²) >= 11 is 0. The number of aryl methyl sites for hydroxylation is 1. The van der Waals surface area contributed by atoms with Crippen LogP contribution in [0.3, 0.4) is 0 Å². The lowest BCUT2D eigenvalue weighted by molar-refractivity contribution is 0.413. The Morgan fingerprint density at radius 3 is 2.57 bits per heavy atom. The second-order valence-electron chi connectivity index (χ2n) is 4.72. The highest BCUT2D eigenvalue weighted by atomic mass is 32.2. The average Bonchev–Trinajstić information content (AvgIpc) is 2.46. The smallest absolute Gasteiger partial charge is 0.182 e. The zero-order chi connectivity index (χ0) is 15.5. The fourth-order valence-corrected chi connectivity index (χ4v) is 3.48. The standard InChI is InChI=1S/C16H15NO3S/c1-12-4-3-5-15(8-12)21(18,19)11-13-6-7-16(20-2)14(9-13)10-17/h3-9H,11H2,1-2H3. The van der Waals surface area contributed by atoms with Crippen LogP contribution in [0.4, 0.5) is 0 Å². The summed E-state index contributed by atoms with van der Waals surface area (Å²) in [6, 6.07) is 13.6. The number of sulfone groups is 1. The topological polar surface area (TPSA) is 67.2 Å². The number of hydrogen-bond donors (Lipinski definition) is 0. The third-order valence-electron chi connectivity index (χ3n) is 3.09. The molecule has 0 spiro atoms. The minimum Gasteiger partial charge on any atom is -0.495 e. The number of rotatable bonds is 4. The lowest BCUT2D eigenvalue weighted by Crippen LogP contribution is -2.05. The van der Waals surface area contributed by atoms with Gasteiger partial charge in [0, 0.05) is 0 Å². The van der Waals surface area contributed by atoms with Crippen LogP contribution < -0.4 is 4.74 Å². The number of nitriles is 1. The van der Waals surface area contributed by atoms with Crippen LogP contribution in [0.2, 0.25) is 0 Å². The third kappa shape index (κ3) is 3.41. The Bertz CT molecular complexity index is 805. The van der Waals surface area contributed by atoms with Gasteiger partial charge in [0.25, 0.3) is 0 Å². The van der Waals surface area contributed by atoms with E-state index in [4.69, 9.17) is 10.00 Å². The average molecular weight is 301 g/mol. The van der Waals surface area contributed by atoms with Crippen LogP contribution in [0.25, 0.3) is 0 Å². The summed E-state index contributed by atoms with van der Waals surface area (Å²) in [6.45, 7) is 1.85. The summed E-state index contributed by atoms with van der Waals surface area (Å²) in [4.78, 5) is 0.289. The molecule has 0 radical (unpaired) electrons. The van der Waals surface area contributed by atoms with Crippen molar-refractivity contribution in [1.82, 2.24) is 0 Å². The van der Waals surface area contributed by atoms with E-state index in [0.29, 0.717) is 16.9 Å². The van der Waals surface area contributed by atoms with Crippen molar-refractivity contribution in [2.75, 3.05) is 7.11 Å². The molecule has 0 N–H and O–H groups in total. The molecule has 2 rings (SSSR count). The predicted octanol–water partition coefficient (Wildman–Crippen LogP) is 2.85. The van der Waals surface area contributed by atoms with Crippen molar-refractivity contribution in [3.63, 3.8) is 0 Å². The maximum atomic E-state index is 12.4. The summed E-state index contributed by atoms with van der Waals surface area (Å²) < 4.78 is 29.8. The maximum Gasteiger partial charge on any atom is 0.182 e. The summed E-state index contributed by atoms with van der Waals surface area (Å²) in [5.41, 5.74) is 1.78. The molecule has 0 aliphatic heterocycles. The van der Waals surface area contributed by atoms with Gasteiger partial charge in [0.05, 0.1) is 23.3 Å². The van der Waals surface area contributed by atoms with Gasteiger partial charge in [-0.3, -0.25) is 0 Å². The predicted molar refractivity (Wildman–Crippen MR) is 79.8 cm³/mol. The van der Waals surface area contributed by atoms with Gasteiger partial charge in [-0.25, -0.2) is 8.42 Å². The van der Waals surface area contributed by atoms with Gasteiger partial charge >= 0.3 is 0 Å². The molecule has 0 saturated carbocycles. The Hall–Kier alpha value is -2.32. The summed E-state index contributed by atoms with van der Waals surface area (Å²) in [5.74, 6) is 0.295. The van der Waals surface area contributed by atoms with Crippen LogP contribution in [-0.4, -0.2) is 15.5 Å². The fourth-order valence-electron chi connectivity index (χ4n) is 2.04. The van der Waals surface area contributed by atoms with Gasteiger partial charge in [-0.1, -0.05) is 18.2 Å². The van der Waals surface area contributed by atoms with E-state index in [1.165, 1.54) is 7.11 Å². The molecule has 4 nitrogen and oxygen atoms in total. The summed E-state index contributed by atoms with van der Waals surface area (Å²) in [5, 5.41) is 9.05. The highest BCUT2D eigenvalue weighted by Crippen LogP contribution is 2.22. The normalized spacial score (nSPS) is 10.9. The monoisotopic (exact) mass is 301 g/mol. The van der Waals surface area contributed by atoms with Crippen molar-refractivity contribution < 1.29 is 13.2 Å². The van der Waals surface area contributed by atoms with E-state index in [-0.39, 0.29) is 10.6 Å². The molecule has 21 heavy (non-hydrogen) atoms. The minimum atomic E-state index is -3.43. The highest BCUT2D eigenvalue weighted by Gasteiger charge is 2.16. The molecule has 0 atom stereocenters. The van der Waals surface area contributed by atoms with Crippen LogP contribution in [-0.2, 0) is 15.6 Å². The quantitative estimate of drug-likeness (QED) is 0.871. The molecule has 0 bridgehead atoms. The molecule has 0 aromatic heterocycles. The molecule has 0 heterocycles. The van der Waals surface area contributed by atoms with Crippen LogP contribution in [0.15, 0.2) is 47.4 Å². The second kappa shape index (κ2) is 5.98. The number of methoxy groups -OCH3 is 1. The van der Waals surface area contributed by atoms with Gasteiger partial charge in [0.2, 0.25) is 0 Å². The molecular weight excluding hydrogens is 286 g/mol. The number of hydrogen-bond acceptors (Lipinski definition) is 4. The molecule has 0 aliphatic carbocycles. The van der Waals surface area contributed by atoms with Crippen molar-refractivity contribution in [2.24, 2.45) is 0 Å². The number of benzene rings is 2. The zero-order valence-corrected chi connectivity index (χ0v) is 12.6. The Balaban J connectivity index is 2.35. The summed E-state index contributed by atoms with van der Waals surface area (Å²) in [7, 11) is -1.96. The second-order valence-corrected chi connectivity index (χ2v) is 6.71. The first kappa shape index (κ1) is 15.1. The van der Waals surface area contributed by atoms with Crippen LogP contribution in [0.5, 0.6) is 5.75 Å². The van der Waals surface area contributed by atoms with E-state index in [2.05, 4.69) is 0 Å². The molecule has 0 saturated heterocycles. The number of ether oxygens (including phenoxy) is 1. The molecule has 0 aliphatic rings. The van der Waals surface area contributed by atoms with Gasteiger partial charge in [-0.2, -0.15) is 5.26 Å². The van der Waals surface area contributed by atoms with Gasteiger partial charge in [-0.05, 0) is 42.3 Å². The van der Waals surface area contributed by atoms with Gasteiger partial charge in [0.1, 0.15) is 11.8 Å². The molecule has 0 amide bonds. The molecule has 2 aromatic rings. The van der Waals surface area contributed by atoms with Crippen LogP contribution >= 0.6 is 0 Å². The van der Waals surface area contributed by atoms with Gasteiger partial charge in [0.15, 0.2) is 9.84 Å². The van der Waals surface area contributed by atoms with Crippen molar-refractivity contribution in [2.45, 2.75) is 17.6 Å². The third-order valence-corrected chi connectivity index (χ3v) is 4.78. The first-order chi connectivity index (χ1) is 9.96.